The zero-order valence-corrected chi connectivity index (χ0v) is 26.8. The largest absolute Gasteiger partial charge is 0.486 e. The van der Waals surface area contributed by atoms with E-state index in [1.165, 1.54) is 12.0 Å². The molecule has 0 spiro atoms. The van der Waals surface area contributed by atoms with Crippen LogP contribution in [0.4, 0.5) is 10.6 Å². The van der Waals surface area contributed by atoms with Crippen LogP contribution in [-0.4, -0.2) is 58.6 Å². The number of aliphatic imine (C=N–C) groups is 1. The molecule has 0 unspecified atom stereocenters. The highest BCUT2D eigenvalue weighted by Gasteiger charge is 2.21. The molecule has 2 amide bonds. The quantitative estimate of drug-likeness (QED) is 0.0770. The third kappa shape index (κ3) is 8.81. The Hall–Kier alpha value is -4.97. The Morgan fingerprint density at radius 3 is 2.61 bits per heavy atom. The Labute approximate surface area is 272 Å². The Kier molecular flexibility index (Phi) is 12.1. The molecule has 0 aliphatic rings. The summed E-state index contributed by atoms with van der Waals surface area (Å²) in [6, 6.07) is 15.3. The van der Waals surface area contributed by atoms with E-state index in [1.54, 1.807) is 60.8 Å². The molecule has 2 N–H and O–H groups in total. The van der Waals surface area contributed by atoms with Crippen LogP contribution in [0.3, 0.4) is 0 Å². The van der Waals surface area contributed by atoms with Gasteiger partial charge in [0.1, 0.15) is 29.8 Å². The van der Waals surface area contributed by atoms with E-state index >= 15 is 0 Å². The number of hydrogen-bond donors (Lipinski definition) is 1. The number of amidine groups is 1. The lowest BCUT2D eigenvalue weighted by molar-refractivity contribution is -0.140. The van der Waals surface area contributed by atoms with Gasteiger partial charge in [-0.05, 0) is 55.0 Å². The van der Waals surface area contributed by atoms with Crippen LogP contribution in [0.2, 0.25) is 5.02 Å². The zero-order chi connectivity index (χ0) is 33.1. The first-order valence-electron chi connectivity index (χ1n) is 14.9. The number of esters is 1. The maximum absolute atomic E-state index is 13.6. The van der Waals surface area contributed by atoms with Gasteiger partial charge in [-0.15, -0.1) is 0 Å². The molecule has 0 saturated carbocycles. The SMILES string of the molecule is CCCCCCOC(=O)/N=C(/N)c1ccc(OCc2nc3cc(C(=O)N(CCC(=O)OC)c4ccccn4)ccc3n2C)cc1Cl. The van der Waals surface area contributed by atoms with Gasteiger partial charge in [0.05, 0.1) is 36.2 Å². The number of fused-ring (bicyclic) bond motifs is 1. The van der Waals surface area contributed by atoms with E-state index in [0.717, 1.165) is 31.2 Å². The summed E-state index contributed by atoms with van der Waals surface area (Å²) in [5.74, 6) is 0.671. The Morgan fingerprint density at radius 2 is 1.89 bits per heavy atom. The number of halogens is 1. The van der Waals surface area contributed by atoms with Crippen LogP contribution in [-0.2, 0) is 27.9 Å². The van der Waals surface area contributed by atoms with Gasteiger partial charge in [-0.2, -0.15) is 4.99 Å². The number of carbonyl (C=O) groups excluding carboxylic acids is 3. The fourth-order valence-corrected chi connectivity index (χ4v) is 4.89. The maximum Gasteiger partial charge on any atom is 0.435 e. The predicted molar refractivity (Wildman–Crippen MR) is 175 cm³/mol. The van der Waals surface area contributed by atoms with Crippen LogP contribution in [0.15, 0.2) is 65.8 Å². The van der Waals surface area contributed by atoms with Crippen molar-refractivity contribution < 1.29 is 28.6 Å². The molecular weight excluding hydrogens is 612 g/mol. The van der Waals surface area contributed by atoms with Crippen molar-refractivity contribution in [2.45, 2.75) is 45.6 Å². The molecule has 4 aromatic rings. The molecule has 0 saturated heterocycles. The molecule has 12 nitrogen and oxygen atoms in total. The fraction of sp³-hybridized carbons (Fsp3) is 0.333. The number of aromatic nitrogens is 3. The van der Waals surface area contributed by atoms with Crippen molar-refractivity contribution in [3.8, 4) is 5.75 Å². The molecule has 2 aromatic heterocycles. The minimum atomic E-state index is -0.761. The molecular formula is C33H37ClN6O6. The average molecular weight is 649 g/mol. The van der Waals surface area contributed by atoms with E-state index in [9.17, 15) is 14.4 Å². The number of nitrogens with zero attached hydrogens (tertiary/aromatic N) is 5. The van der Waals surface area contributed by atoms with Crippen LogP contribution in [0.25, 0.3) is 11.0 Å². The van der Waals surface area contributed by atoms with Crippen molar-refractivity contribution in [2.24, 2.45) is 17.8 Å². The lowest BCUT2D eigenvalue weighted by atomic mass is 10.1. The van der Waals surface area contributed by atoms with E-state index in [1.807, 2.05) is 11.6 Å². The van der Waals surface area contributed by atoms with E-state index < -0.39 is 12.1 Å². The minimum absolute atomic E-state index is 0.0161. The lowest BCUT2D eigenvalue weighted by Gasteiger charge is -2.21. The first-order chi connectivity index (χ1) is 22.2. The summed E-state index contributed by atoms with van der Waals surface area (Å²) < 4.78 is 17.7. The van der Waals surface area contributed by atoms with Crippen LogP contribution in [0, 0.1) is 0 Å². The van der Waals surface area contributed by atoms with Crippen LogP contribution in [0.1, 0.15) is 60.8 Å². The van der Waals surface area contributed by atoms with Crippen LogP contribution >= 0.6 is 11.6 Å². The van der Waals surface area contributed by atoms with Gasteiger partial charge in [0, 0.05) is 30.9 Å². The van der Waals surface area contributed by atoms with Gasteiger partial charge < -0.3 is 24.5 Å². The molecule has 4 rings (SSSR count). The third-order valence-corrected chi connectivity index (χ3v) is 7.49. The number of methoxy groups -OCH3 is 1. The number of nitrogens with two attached hydrogens (primary N) is 1. The molecule has 0 fully saturated rings. The summed E-state index contributed by atoms with van der Waals surface area (Å²) in [5, 5.41) is 0.257. The van der Waals surface area contributed by atoms with Gasteiger partial charge >= 0.3 is 12.1 Å². The van der Waals surface area contributed by atoms with Crippen LogP contribution in [0.5, 0.6) is 5.75 Å². The Bertz CT molecular complexity index is 1710. The summed E-state index contributed by atoms with van der Waals surface area (Å²) in [6.07, 6.45) is 4.77. The number of imidazole rings is 1. The standard InChI is InChI=1S/C33H37ClN6O6/c1-4-5-6-9-18-45-33(43)38-31(35)24-13-12-23(20-25(24)34)46-21-29-37-26-19-22(11-14-27(26)39(29)2)32(42)40(17-15-30(41)44-3)28-10-7-8-16-36-28/h7-8,10-14,16,19-20H,4-6,9,15,17-18,21H2,1-3H3,(H2,35,38,43). The van der Waals surface area contributed by atoms with E-state index in [4.69, 9.17) is 31.5 Å². The highest BCUT2D eigenvalue weighted by molar-refractivity contribution is 6.34. The average Bonchev–Trinajstić information content (AvgIpc) is 3.38. The Morgan fingerprint density at radius 1 is 1.07 bits per heavy atom. The number of ether oxygens (including phenoxy) is 3. The second-order valence-corrected chi connectivity index (χ2v) is 10.8. The van der Waals surface area contributed by atoms with Gasteiger partial charge in [-0.25, -0.2) is 14.8 Å². The number of rotatable bonds is 14. The topological polar surface area (TPSA) is 151 Å². The highest BCUT2D eigenvalue weighted by Crippen LogP contribution is 2.25. The molecule has 242 valence electrons. The van der Waals surface area contributed by atoms with Crippen molar-refractivity contribution in [3.63, 3.8) is 0 Å². The van der Waals surface area contributed by atoms with Crippen LogP contribution < -0.4 is 15.4 Å². The Balaban J connectivity index is 1.44. The summed E-state index contributed by atoms with van der Waals surface area (Å²) >= 11 is 6.43. The minimum Gasteiger partial charge on any atom is -0.486 e. The number of carbonyl (C=O) groups is 3. The number of aryl methyl sites for hydroxylation is 1. The molecule has 2 heterocycles. The number of unbranched alkanes of at least 4 members (excludes halogenated alkanes) is 3. The monoisotopic (exact) mass is 648 g/mol. The number of benzene rings is 2. The second kappa shape index (κ2) is 16.4. The molecule has 13 heteroatoms. The van der Waals surface area contributed by atoms with Crippen molar-refractivity contribution in [1.29, 1.82) is 0 Å². The summed E-state index contributed by atoms with van der Waals surface area (Å²) in [4.78, 5) is 51.6. The number of amides is 2. The molecule has 0 aliphatic carbocycles. The normalized spacial score (nSPS) is 11.3. The zero-order valence-electron chi connectivity index (χ0n) is 26.1. The molecule has 0 bridgehead atoms. The molecule has 0 aliphatic heterocycles. The summed E-state index contributed by atoms with van der Waals surface area (Å²) in [6.45, 7) is 2.60. The number of pyridine rings is 1. The van der Waals surface area contributed by atoms with E-state index in [-0.39, 0.29) is 42.9 Å². The molecule has 46 heavy (non-hydrogen) atoms. The molecule has 0 radical (unpaired) electrons. The van der Waals surface area contributed by atoms with Crippen molar-refractivity contribution in [1.82, 2.24) is 14.5 Å². The van der Waals surface area contributed by atoms with Gasteiger partial charge in [-0.1, -0.05) is 43.9 Å². The van der Waals surface area contributed by atoms with E-state index in [0.29, 0.717) is 34.0 Å². The van der Waals surface area contributed by atoms with Gasteiger partial charge in [0.2, 0.25) is 0 Å². The van der Waals surface area contributed by atoms with Gasteiger partial charge in [0.25, 0.3) is 5.91 Å². The van der Waals surface area contributed by atoms with E-state index in [2.05, 4.69) is 21.9 Å². The van der Waals surface area contributed by atoms with Crippen molar-refractivity contribution in [2.75, 3.05) is 25.2 Å². The summed E-state index contributed by atoms with van der Waals surface area (Å²) in [7, 11) is 3.15. The van der Waals surface area contributed by atoms with Crippen molar-refractivity contribution >= 4 is 52.3 Å². The first kappa shape index (κ1) is 33.9. The predicted octanol–water partition coefficient (Wildman–Crippen LogP) is 5.83. The first-order valence-corrected chi connectivity index (χ1v) is 15.3. The number of hydrogen-bond acceptors (Lipinski definition) is 8. The third-order valence-electron chi connectivity index (χ3n) is 7.18. The fourth-order valence-electron chi connectivity index (χ4n) is 4.63. The van der Waals surface area contributed by atoms with Gasteiger partial charge in [0.15, 0.2) is 0 Å². The maximum atomic E-state index is 13.6. The molecule has 0 atom stereocenters. The highest BCUT2D eigenvalue weighted by atomic mass is 35.5. The summed E-state index contributed by atoms with van der Waals surface area (Å²) in [5.41, 5.74) is 8.16. The van der Waals surface area contributed by atoms with Crippen molar-refractivity contribution in [3.05, 3.63) is 82.8 Å². The van der Waals surface area contributed by atoms with Gasteiger partial charge in [-0.3, -0.25) is 14.5 Å². The lowest BCUT2D eigenvalue weighted by Crippen LogP contribution is -2.33. The molecule has 2 aromatic carbocycles. The number of anilines is 1. The smallest absolute Gasteiger partial charge is 0.435 e. The second-order valence-electron chi connectivity index (χ2n) is 10.4.